The predicted octanol–water partition coefficient (Wildman–Crippen LogP) is 4.59. The Morgan fingerprint density at radius 1 is 1.27 bits per heavy atom. The molecule has 0 unspecified atom stereocenters. The standard InChI is InChI=1S/C27H39F2NO6S/c1-15-7-6-8-27(14-29)21(36-27)10-19(16(2)9-18-13-37-22(12-28)30-18)35-23(32)11-20(31)26(4,5)25(34)17(3)24(15)33/h9,13,15,17,19-21,24,31,33H,6-8,10-12,14H2,1-5H3/b16-9+/t15-,17+,19-,20-,21-,24-,27-/m0/s1. The SMILES string of the molecule is C/C(=C\c1csc(CF)n1)[C@@H]1C[C@@H]2O[C@]2(CF)CCC[C@H](C)[C@H](O)[C@@H](C)C(=O)C(C)(C)[C@@H](O)CC(=O)O1. The lowest BCUT2D eigenvalue weighted by molar-refractivity contribution is -0.154. The van der Waals surface area contributed by atoms with E-state index in [2.05, 4.69) is 4.98 Å². The van der Waals surface area contributed by atoms with Crippen LogP contribution >= 0.6 is 11.3 Å². The van der Waals surface area contributed by atoms with Gasteiger partial charge in [0.2, 0.25) is 0 Å². The summed E-state index contributed by atoms with van der Waals surface area (Å²) in [7, 11) is 0. The molecule has 10 heteroatoms. The Labute approximate surface area is 221 Å². The molecule has 3 heterocycles. The average Bonchev–Trinajstić information content (AvgIpc) is 3.34. The molecule has 208 valence electrons. The summed E-state index contributed by atoms with van der Waals surface area (Å²) in [5.74, 6) is -2.03. The van der Waals surface area contributed by atoms with Crippen LogP contribution in [-0.4, -0.2) is 63.6 Å². The molecule has 2 aliphatic rings. The Hall–Kier alpha value is -1.75. The zero-order valence-corrected chi connectivity index (χ0v) is 23.0. The maximum atomic E-state index is 14.1. The summed E-state index contributed by atoms with van der Waals surface area (Å²) in [6.45, 7) is 6.98. The summed E-state index contributed by atoms with van der Waals surface area (Å²) in [4.78, 5) is 30.3. The lowest BCUT2D eigenvalue weighted by Gasteiger charge is -2.34. The number of ether oxygens (including phenoxy) is 2. The number of hydrogen-bond acceptors (Lipinski definition) is 8. The molecule has 2 N–H and O–H groups in total. The monoisotopic (exact) mass is 543 g/mol. The molecule has 1 aromatic rings. The number of alkyl halides is 2. The van der Waals surface area contributed by atoms with Crippen molar-refractivity contribution in [3.63, 3.8) is 0 Å². The number of ketones is 1. The van der Waals surface area contributed by atoms with Gasteiger partial charge in [-0.05, 0) is 37.3 Å². The number of carbonyl (C=O) groups is 2. The first-order chi connectivity index (χ1) is 17.3. The minimum Gasteiger partial charge on any atom is -0.458 e. The third-order valence-electron chi connectivity index (χ3n) is 8.00. The van der Waals surface area contributed by atoms with Crippen molar-refractivity contribution >= 4 is 29.2 Å². The highest BCUT2D eigenvalue weighted by atomic mass is 32.1. The highest BCUT2D eigenvalue weighted by Crippen LogP contribution is 2.46. The summed E-state index contributed by atoms with van der Waals surface area (Å²) in [5.41, 5.74) is -1.11. The number of thiazole rings is 1. The van der Waals surface area contributed by atoms with Gasteiger partial charge in [-0.2, -0.15) is 0 Å². The van der Waals surface area contributed by atoms with Crippen molar-refractivity contribution in [2.75, 3.05) is 6.67 Å². The number of aliphatic hydroxyl groups excluding tert-OH is 2. The van der Waals surface area contributed by atoms with Crippen LogP contribution in [0.15, 0.2) is 11.0 Å². The van der Waals surface area contributed by atoms with Crippen molar-refractivity contribution in [3.8, 4) is 0 Å². The van der Waals surface area contributed by atoms with Gasteiger partial charge < -0.3 is 19.7 Å². The van der Waals surface area contributed by atoms with Crippen LogP contribution in [0.3, 0.4) is 0 Å². The first-order valence-corrected chi connectivity index (χ1v) is 13.7. The van der Waals surface area contributed by atoms with Gasteiger partial charge in [0.1, 0.15) is 35.8 Å². The van der Waals surface area contributed by atoms with Gasteiger partial charge in [-0.3, -0.25) is 9.59 Å². The number of halogens is 2. The maximum Gasteiger partial charge on any atom is 0.309 e. The first-order valence-electron chi connectivity index (χ1n) is 12.9. The van der Waals surface area contributed by atoms with Crippen LogP contribution in [0.1, 0.15) is 77.4 Å². The molecule has 2 saturated heterocycles. The van der Waals surface area contributed by atoms with E-state index in [-0.39, 0.29) is 18.1 Å². The minimum absolute atomic E-state index is 0.214. The van der Waals surface area contributed by atoms with E-state index < -0.39 is 67.1 Å². The molecular formula is C27H39F2NO6S. The Balaban J connectivity index is 1.88. The summed E-state index contributed by atoms with van der Waals surface area (Å²) in [6, 6.07) is 0. The van der Waals surface area contributed by atoms with Crippen LogP contribution in [0.5, 0.6) is 0 Å². The number of esters is 1. The number of nitrogens with zero attached hydrogens (tertiary/aromatic N) is 1. The molecule has 0 aliphatic carbocycles. The molecule has 2 aliphatic heterocycles. The Morgan fingerprint density at radius 2 is 1.97 bits per heavy atom. The zero-order chi connectivity index (χ0) is 27.5. The third kappa shape index (κ3) is 6.82. The number of aromatic nitrogens is 1. The molecule has 7 atom stereocenters. The van der Waals surface area contributed by atoms with E-state index in [1.807, 2.05) is 6.92 Å². The number of cyclic esters (lactones) is 1. The van der Waals surface area contributed by atoms with Crippen LogP contribution in [0.2, 0.25) is 0 Å². The summed E-state index contributed by atoms with van der Waals surface area (Å²) >= 11 is 1.18. The largest absolute Gasteiger partial charge is 0.458 e. The first kappa shape index (κ1) is 29.8. The van der Waals surface area contributed by atoms with E-state index in [4.69, 9.17) is 9.47 Å². The van der Waals surface area contributed by atoms with Crippen molar-refractivity contribution in [1.82, 2.24) is 4.98 Å². The Bertz CT molecular complexity index is 997. The van der Waals surface area contributed by atoms with Crippen LogP contribution in [0.4, 0.5) is 8.78 Å². The number of Topliss-reactive ketones (excluding diaryl/α,β-unsaturated/α-hetero) is 1. The van der Waals surface area contributed by atoms with E-state index in [0.29, 0.717) is 35.5 Å². The Kier molecular flexibility index (Phi) is 9.64. The van der Waals surface area contributed by atoms with Gasteiger partial charge in [-0.1, -0.05) is 34.1 Å². The second-order valence-electron chi connectivity index (χ2n) is 11.2. The number of carbonyl (C=O) groups excluding carboxylic acids is 2. The van der Waals surface area contributed by atoms with Crippen LogP contribution in [0, 0.1) is 17.3 Å². The second-order valence-corrected chi connectivity index (χ2v) is 12.1. The highest BCUT2D eigenvalue weighted by molar-refractivity contribution is 7.09. The fourth-order valence-corrected chi connectivity index (χ4v) is 5.73. The molecule has 1 aromatic heterocycles. The summed E-state index contributed by atoms with van der Waals surface area (Å²) in [5, 5.41) is 23.7. The van der Waals surface area contributed by atoms with Crippen LogP contribution in [-0.2, 0) is 25.7 Å². The predicted molar refractivity (Wildman–Crippen MR) is 136 cm³/mol. The highest BCUT2D eigenvalue weighted by Gasteiger charge is 2.57. The van der Waals surface area contributed by atoms with E-state index in [0.717, 1.165) is 0 Å². The van der Waals surface area contributed by atoms with Crippen molar-refractivity contribution in [3.05, 3.63) is 21.7 Å². The molecule has 0 spiro atoms. The van der Waals surface area contributed by atoms with Gasteiger partial charge in [0.15, 0.2) is 0 Å². The van der Waals surface area contributed by atoms with Crippen molar-refractivity contribution in [2.45, 2.75) is 103 Å². The molecule has 7 nitrogen and oxygen atoms in total. The fourth-order valence-electron chi connectivity index (χ4n) is 5.13. The third-order valence-corrected chi connectivity index (χ3v) is 8.83. The van der Waals surface area contributed by atoms with Crippen molar-refractivity contribution in [1.29, 1.82) is 0 Å². The van der Waals surface area contributed by atoms with E-state index in [9.17, 15) is 28.6 Å². The number of hydrogen-bond donors (Lipinski definition) is 2. The number of rotatable bonds is 4. The van der Waals surface area contributed by atoms with E-state index in [1.54, 1.807) is 39.2 Å². The molecule has 0 radical (unpaired) electrons. The molecule has 0 aromatic carbocycles. The molecule has 3 rings (SSSR count). The van der Waals surface area contributed by atoms with Gasteiger partial charge in [0.25, 0.3) is 0 Å². The topological polar surface area (TPSA) is 109 Å². The molecule has 0 bridgehead atoms. The molecule has 37 heavy (non-hydrogen) atoms. The average molecular weight is 544 g/mol. The number of aliphatic hydroxyl groups is 2. The summed E-state index contributed by atoms with van der Waals surface area (Å²) in [6.07, 6.45) is -0.416. The zero-order valence-electron chi connectivity index (χ0n) is 22.2. The number of epoxide rings is 1. The smallest absolute Gasteiger partial charge is 0.309 e. The molecule has 0 saturated carbocycles. The number of fused-ring (bicyclic) bond motifs is 1. The fraction of sp³-hybridized carbons (Fsp3) is 0.741. The van der Waals surface area contributed by atoms with Gasteiger partial charge in [-0.25, -0.2) is 13.8 Å². The normalized spacial score (nSPS) is 36.1. The quantitative estimate of drug-likeness (QED) is 0.422. The van der Waals surface area contributed by atoms with Crippen LogP contribution in [0.25, 0.3) is 6.08 Å². The van der Waals surface area contributed by atoms with Gasteiger partial charge >= 0.3 is 5.97 Å². The Morgan fingerprint density at radius 3 is 2.59 bits per heavy atom. The lowest BCUT2D eigenvalue weighted by Crippen LogP contribution is -2.45. The summed E-state index contributed by atoms with van der Waals surface area (Å²) < 4.78 is 38.6. The van der Waals surface area contributed by atoms with Crippen molar-refractivity contribution < 1.29 is 38.1 Å². The lowest BCUT2D eigenvalue weighted by atomic mass is 9.73. The molecule has 2 fully saturated rings. The van der Waals surface area contributed by atoms with Gasteiger partial charge in [0.05, 0.1) is 35.8 Å². The van der Waals surface area contributed by atoms with Crippen molar-refractivity contribution in [2.24, 2.45) is 17.3 Å². The molecular weight excluding hydrogens is 504 g/mol. The molecule has 0 amide bonds. The van der Waals surface area contributed by atoms with Crippen LogP contribution < -0.4 is 0 Å². The second kappa shape index (κ2) is 12.0. The van der Waals surface area contributed by atoms with Gasteiger partial charge in [-0.15, -0.1) is 11.3 Å². The van der Waals surface area contributed by atoms with E-state index >= 15 is 0 Å². The van der Waals surface area contributed by atoms with Gasteiger partial charge in [0, 0.05) is 17.7 Å². The van der Waals surface area contributed by atoms with E-state index in [1.165, 1.54) is 11.3 Å². The minimum atomic E-state index is -1.33. The maximum absolute atomic E-state index is 14.1.